The van der Waals surface area contributed by atoms with Crippen LogP contribution < -0.4 is 4.90 Å². The van der Waals surface area contributed by atoms with Crippen molar-refractivity contribution in [2.45, 2.75) is 12.6 Å². The molecule has 1 aliphatic heterocycles. The Kier molecular flexibility index (Phi) is 2.75. The van der Waals surface area contributed by atoms with E-state index in [1.807, 2.05) is 0 Å². The summed E-state index contributed by atoms with van der Waals surface area (Å²) in [7, 11) is 0. The molecule has 1 fully saturated rings. The molecule has 0 bridgehead atoms. The summed E-state index contributed by atoms with van der Waals surface area (Å²) < 4.78 is 40.4. The molecule has 1 N–H and O–H groups in total. The second-order valence-corrected chi connectivity index (χ2v) is 4.77. The number of alkyl halides is 3. The third-order valence-corrected chi connectivity index (χ3v) is 3.60. The number of aromatic nitrogens is 5. The van der Waals surface area contributed by atoms with Gasteiger partial charge in [-0.25, -0.2) is 0 Å². The number of tetrazole rings is 1. The van der Waals surface area contributed by atoms with E-state index in [0.717, 1.165) is 4.63 Å². The third kappa shape index (κ3) is 1.96. The average Bonchev–Trinajstić information content (AvgIpc) is 3.04. The molecule has 21 heavy (non-hydrogen) atoms. The number of rotatable bonds is 2. The van der Waals surface area contributed by atoms with Crippen molar-refractivity contribution in [1.82, 2.24) is 25.3 Å². The number of anilines is 1. The Morgan fingerprint density at radius 3 is 2.76 bits per heavy atom. The third-order valence-electron chi connectivity index (χ3n) is 3.60. The number of nitrogens with zero attached hydrogens (tertiary/aromatic N) is 6. The standard InChI is InChI=1S/C10H9F3N6O2/c11-10(12,13)9(8(20)21)3-4-18(5-9)7-2-1-6-14-16-17-19(6)15-7/h1-2H,3-5H2,(H,20,21). The van der Waals surface area contributed by atoms with Crippen LogP contribution >= 0.6 is 0 Å². The van der Waals surface area contributed by atoms with E-state index in [0.29, 0.717) is 5.65 Å². The highest BCUT2D eigenvalue weighted by Gasteiger charge is 2.63. The van der Waals surface area contributed by atoms with E-state index in [1.54, 1.807) is 0 Å². The molecule has 1 aliphatic rings. The van der Waals surface area contributed by atoms with Crippen LogP contribution in [-0.2, 0) is 4.79 Å². The highest BCUT2D eigenvalue weighted by Crippen LogP contribution is 2.46. The maximum absolute atomic E-state index is 13.1. The van der Waals surface area contributed by atoms with Gasteiger partial charge in [0.25, 0.3) is 0 Å². The lowest BCUT2D eigenvalue weighted by Crippen LogP contribution is -2.47. The summed E-state index contributed by atoms with van der Waals surface area (Å²) in [6, 6.07) is 2.96. The van der Waals surface area contributed by atoms with Gasteiger partial charge in [0, 0.05) is 13.1 Å². The fraction of sp³-hybridized carbons (Fsp3) is 0.500. The Bertz CT molecular complexity index is 701. The maximum atomic E-state index is 13.1. The van der Waals surface area contributed by atoms with Crippen molar-refractivity contribution in [3.8, 4) is 0 Å². The highest BCUT2D eigenvalue weighted by molar-refractivity contribution is 5.77. The molecule has 0 radical (unpaired) electrons. The van der Waals surface area contributed by atoms with Crippen molar-refractivity contribution in [2.75, 3.05) is 18.0 Å². The number of hydrogen-bond acceptors (Lipinski definition) is 6. The van der Waals surface area contributed by atoms with Gasteiger partial charge < -0.3 is 10.0 Å². The van der Waals surface area contributed by atoms with Gasteiger partial charge in [-0.15, -0.1) is 14.8 Å². The van der Waals surface area contributed by atoms with E-state index in [1.165, 1.54) is 17.0 Å². The largest absolute Gasteiger partial charge is 0.481 e. The first-order chi connectivity index (χ1) is 9.83. The topological polar surface area (TPSA) is 96.5 Å². The van der Waals surface area contributed by atoms with Crippen molar-refractivity contribution in [3.05, 3.63) is 12.1 Å². The molecule has 0 spiro atoms. The minimum absolute atomic E-state index is 0.0631. The number of fused-ring (bicyclic) bond motifs is 1. The Balaban J connectivity index is 1.93. The normalized spacial score (nSPS) is 22.9. The van der Waals surface area contributed by atoms with Gasteiger partial charge in [0.1, 0.15) is 0 Å². The van der Waals surface area contributed by atoms with Crippen LogP contribution in [0.15, 0.2) is 12.1 Å². The smallest absolute Gasteiger partial charge is 0.406 e. The molecule has 1 unspecified atom stereocenters. The summed E-state index contributed by atoms with van der Waals surface area (Å²) >= 11 is 0. The molecule has 1 atom stereocenters. The molecule has 3 rings (SSSR count). The molecule has 3 heterocycles. The fourth-order valence-electron chi connectivity index (χ4n) is 2.34. The van der Waals surface area contributed by atoms with Crippen LogP contribution in [0.4, 0.5) is 19.0 Å². The van der Waals surface area contributed by atoms with E-state index in [-0.39, 0.29) is 12.4 Å². The summed E-state index contributed by atoms with van der Waals surface area (Å²) in [5.74, 6) is -1.68. The number of carboxylic acids is 1. The van der Waals surface area contributed by atoms with Crippen LogP contribution in [0.2, 0.25) is 0 Å². The number of aliphatic carboxylic acids is 1. The second-order valence-electron chi connectivity index (χ2n) is 4.77. The van der Waals surface area contributed by atoms with Crippen LogP contribution in [0.5, 0.6) is 0 Å². The molecule has 11 heteroatoms. The van der Waals surface area contributed by atoms with Crippen molar-refractivity contribution in [2.24, 2.45) is 5.41 Å². The number of halogens is 3. The minimum Gasteiger partial charge on any atom is -0.481 e. The number of carbonyl (C=O) groups is 1. The van der Waals surface area contributed by atoms with E-state index in [9.17, 15) is 18.0 Å². The molecule has 2 aromatic heterocycles. The van der Waals surface area contributed by atoms with Crippen LogP contribution in [-0.4, -0.2) is 55.6 Å². The van der Waals surface area contributed by atoms with E-state index < -0.39 is 30.5 Å². The maximum Gasteiger partial charge on any atom is 0.406 e. The molecule has 0 amide bonds. The molecule has 0 aromatic carbocycles. The number of hydrogen-bond donors (Lipinski definition) is 1. The van der Waals surface area contributed by atoms with Gasteiger partial charge in [0.2, 0.25) is 0 Å². The SMILES string of the molecule is O=C(O)C1(C(F)(F)F)CCN(c2ccc3nnnn3n2)C1. The first-order valence-corrected chi connectivity index (χ1v) is 5.94. The molecular formula is C10H9F3N6O2. The van der Waals surface area contributed by atoms with Crippen molar-refractivity contribution in [1.29, 1.82) is 0 Å². The van der Waals surface area contributed by atoms with Crippen LogP contribution in [0.25, 0.3) is 5.65 Å². The summed E-state index contributed by atoms with van der Waals surface area (Å²) in [6.45, 7) is -0.751. The molecule has 112 valence electrons. The van der Waals surface area contributed by atoms with Crippen LogP contribution in [0.3, 0.4) is 0 Å². The molecule has 0 saturated carbocycles. The summed E-state index contributed by atoms with van der Waals surface area (Å²) in [6.07, 6.45) is -5.35. The molecular weight excluding hydrogens is 293 g/mol. The van der Waals surface area contributed by atoms with Gasteiger partial charge in [0.15, 0.2) is 16.9 Å². The summed E-state index contributed by atoms with van der Waals surface area (Å²) in [5, 5.41) is 23.5. The summed E-state index contributed by atoms with van der Waals surface area (Å²) in [5.41, 5.74) is -2.43. The first-order valence-electron chi connectivity index (χ1n) is 5.94. The van der Waals surface area contributed by atoms with Crippen molar-refractivity contribution in [3.63, 3.8) is 0 Å². The Morgan fingerprint density at radius 2 is 2.14 bits per heavy atom. The molecule has 8 nitrogen and oxygen atoms in total. The van der Waals surface area contributed by atoms with Gasteiger partial charge in [-0.3, -0.25) is 4.79 Å². The van der Waals surface area contributed by atoms with Gasteiger partial charge in [-0.05, 0) is 29.0 Å². The molecule has 1 saturated heterocycles. The van der Waals surface area contributed by atoms with Crippen LogP contribution in [0.1, 0.15) is 6.42 Å². The zero-order chi connectivity index (χ0) is 15.3. The van der Waals surface area contributed by atoms with Crippen LogP contribution in [0, 0.1) is 5.41 Å². The zero-order valence-corrected chi connectivity index (χ0v) is 10.4. The monoisotopic (exact) mass is 302 g/mol. The van der Waals surface area contributed by atoms with Crippen molar-refractivity contribution < 1.29 is 23.1 Å². The summed E-state index contributed by atoms with van der Waals surface area (Å²) in [4.78, 5) is 12.4. The van der Waals surface area contributed by atoms with E-state index in [2.05, 4.69) is 20.6 Å². The lowest BCUT2D eigenvalue weighted by atomic mass is 9.86. The quantitative estimate of drug-likeness (QED) is 0.855. The predicted molar refractivity (Wildman–Crippen MR) is 61.5 cm³/mol. The van der Waals surface area contributed by atoms with E-state index >= 15 is 0 Å². The van der Waals surface area contributed by atoms with Gasteiger partial charge in [0.05, 0.1) is 0 Å². The Labute approximate surface area is 115 Å². The molecule has 2 aromatic rings. The first kappa shape index (κ1) is 13.5. The Hall–Kier alpha value is -2.46. The highest BCUT2D eigenvalue weighted by atomic mass is 19.4. The Morgan fingerprint density at radius 1 is 1.38 bits per heavy atom. The lowest BCUT2D eigenvalue weighted by Gasteiger charge is -2.27. The minimum atomic E-state index is -4.83. The fourth-order valence-corrected chi connectivity index (χ4v) is 2.34. The van der Waals surface area contributed by atoms with Gasteiger partial charge >= 0.3 is 12.1 Å². The zero-order valence-electron chi connectivity index (χ0n) is 10.4. The van der Waals surface area contributed by atoms with Gasteiger partial charge in [-0.2, -0.15) is 13.2 Å². The average molecular weight is 302 g/mol. The second kappa shape index (κ2) is 4.27. The molecule has 0 aliphatic carbocycles. The number of carboxylic acid groups (broad SMARTS) is 1. The van der Waals surface area contributed by atoms with Crippen molar-refractivity contribution >= 4 is 17.4 Å². The predicted octanol–water partition coefficient (Wildman–Crippen LogP) is 0.363. The van der Waals surface area contributed by atoms with Gasteiger partial charge in [-0.1, -0.05) is 0 Å². The van der Waals surface area contributed by atoms with E-state index in [4.69, 9.17) is 5.11 Å². The lowest BCUT2D eigenvalue weighted by molar-refractivity contribution is -0.225.